The molecular formula is C33H40F2N6O5. The molecule has 2 amide bonds. The first-order valence-electron chi connectivity index (χ1n) is 15.8. The first-order chi connectivity index (χ1) is 21.7. The number of carbonyl (C=O) groups excluding carboxylic acids is 2. The fraction of sp³-hybridized carbons (Fsp3) is 0.545. The Bertz CT molecular complexity index is 1740. The van der Waals surface area contributed by atoms with E-state index in [1.807, 2.05) is 26.8 Å². The number of benzene rings is 1. The van der Waals surface area contributed by atoms with Gasteiger partial charge in [-0.1, -0.05) is 18.2 Å². The van der Waals surface area contributed by atoms with Crippen molar-refractivity contribution in [3.63, 3.8) is 0 Å². The van der Waals surface area contributed by atoms with Crippen molar-refractivity contribution in [3.05, 3.63) is 63.3 Å². The number of anilines is 1. The molecule has 2 aliphatic heterocycles. The van der Waals surface area contributed by atoms with Crippen molar-refractivity contribution in [2.45, 2.75) is 89.7 Å². The molecule has 6 rings (SSSR count). The Labute approximate surface area is 265 Å². The first-order valence-corrected chi connectivity index (χ1v) is 15.8. The molecule has 1 saturated heterocycles. The van der Waals surface area contributed by atoms with Gasteiger partial charge in [0.2, 0.25) is 11.7 Å². The van der Waals surface area contributed by atoms with Crippen molar-refractivity contribution < 1.29 is 27.8 Å². The van der Waals surface area contributed by atoms with Crippen molar-refractivity contribution in [2.24, 2.45) is 0 Å². The number of fused-ring (bicyclic) bond motifs is 3. The minimum atomic E-state index is -2.99. The molecule has 0 bridgehead atoms. The zero-order valence-electron chi connectivity index (χ0n) is 26.7. The maximum atomic E-state index is 14.3. The van der Waals surface area contributed by atoms with Gasteiger partial charge in [0, 0.05) is 47.9 Å². The van der Waals surface area contributed by atoms with Crippen LogP contribution in [0.2, 0.25) is 0 Å². The number of rotatable bonds is 5. The molecule has 1 N–H and O–H groups in total. The number of aromatic nitrogens is 4. The van der Waals surface area contributed by atoms with E-state index in [2.05, 4.69) is 10.4 Å². The topological polar surface area (TPSA) is 120 Å². The number of hydrogen-bond acceptors (Lipinski definition) is 7. The SMILES string of the molecule is CC(C)(C)OC(=O)N1CCC2(CCCc3c2c(=O)n2nc(C4=CCOCC4)nc2n3CC(=O)Nc2ccc(C(C)(F)F)cc2)CC1. The Hall–Kier alpha value is -4.13. The molecular weight excluding hydrogens is 598 g/mol. The van der Waals surface area contributed by atoms with Crippen molar-refractivity contribution in [1.82, 2.24) is 24.1 Å². The van der Waals surface area contributed by atoms with Crippen molar-refractivity contribution in [2.75, 3.05) is 31.6 Å². The lowest BCUT2D eigenvalue weighted by Gasteiger charge is -2.45. The molecule has 1 aromatic carbocycles. The van der Waals surface area contributed by atoms with Crippen molar-refractivity contribution >= 4 is 29.0 Å². The smallest absolute Gasteiger partial charge is 0.410 e. The number of alkyl halides is 2. The lowest BCUT2D eigenvalue weighted by Crippen LogP contribution is -2.51. The second-order valence-corrected chi connectivity index (χ2v) is 13.5. The van der Waals surface area contributed by atoms with Gasteiger partial charge in [-0.25, -0.2) is 13.6 Å². The summed E-state index contributed by atoms with van der Waals surface area (Å²) >= 11 is 0. The lowest BCUT2D eigenvalue weighted by atomic mass is 9.66. The van der Waals surface area contributed by atoms with Gasteiger partial charge in [0.1, 0.15) is 12.1 Å². The number of amides is 2. The number of nitrogens with zero attached hydrogens (tertiary/aromatic N) is 5. The summed E-state index contributed by atoms with van der Waals surface area (Å²) < 4.78 is 41.6. The largest absolute Gasteiger partial charge is 0.444 e. The highest BCUT2D eigenvalue weighted by atomic mass is 19.3. The first kappa shape index (κ1) is 31.8. The van der Waals surface area contributed by atoms with Crippen LogP contribution in [-0.2, 0) is 38.6 Å². The van der Waals surface area contributed by atoms with E-state index in [4.69, 9.17) is 14.5 Å². The van der Waals surface area contributed by atoms with Crippen LogP contribution in [0.1, 0.15) is 82.4 Å². The van der Waals surface area contributed by atoms with E-state index < -0.39 is 22.8 Å². The molecule has 3 aromatic rings. The maximum Gasteiger partial charge on any atom is 0.410 e. The highest BCUT2D eigenvalue weighted by molar-refractivity contribution is 5.91. The molecule has 1 aliphatic carbocycles. The standard InChI is InChI=1S/C33H40F2N6O5/c1-31(2,3)46-30(44)39-16-14-33(15-17-39)13-5-6-24-26(33)28(43)41-29(37-27(38-41)21-11-18-45-19-12-21)40(24)20-25(42)36-23-9-7-22(8-10-23)32(4,34)35/h7-11H,5-6,12-20H2,1-4H3,(H,36,42). The fourth-order valence-electron chi connectivity index (χ4n) is 6.78. The van der Waals surface area contributed by atoms with Gasteiger partial charge >= 0.3 is 6.09 Å². The minimum Gasteiger partial charge on any atom is -0.444 e. The summed E-state index contributed by atoms with van der Waals surface area (Å²) in [7, 11) is 0. The molecule has 0 radical (unpaired) electrons. The zero-order chi connectivity index (χ0) is 32.9. The fourth-order valence-corrected chi connectivity index (χ4v) is 6.78. The van der Waals surface area contributed by atoms with Crippen LogP contribution in [0.15, 0.2) is 35.1 Å². The Kier molecular flexibility index (Phi) is 8.24. The second kappa shape index (κ2) is 11.9. The minimum absolute atomic E-state index is 0.150. The number of nitrogens with one attached hydrogen (secondary N) is 1. The Morgan fingerprint density at radius 3 is 2.41 bits per heavy atom. The maximum absolute atomic E-state index is 14.3. The third kappa shape index (κ3) is 6.29. The summed E-state index contributed by atoms with van der Waals surface area (Å²) in [4.78, 5) is 47.1. The van der Waals surface area contributed by atoms with Gasteiger partial charge in [0.15, 0.2) is 5.82 Å². The molecule has 3 aliphatic rings. The molecule has 2 aromatic heterocycles. The van der Waals surface area contributed by atoms with Crippen molar-refractivity contribution in [1.29, 1.82) is 0 Å². The average molecular weight is 639 g/mol. The van der Waals surface area contributed by atoms with Crippen LogP contribution < -0.4 is 10.9 Å². The number of carbonyl (C=O) groups is 2. The highest BCUT2D eigenvalue weighted by Crippen LogP contribution is 2.44. The van der Waals surface area contributed by atoms with Gasteiger partial charge in [-0.3, -0.25) is 9.59 Å². The lowest BCUT2D eigenvalue weighted by molar-refractivity contribution is -0.116. The van der Waals surface area contributed by atoms with Crippen molar-refractivity contribution in [3.8, 4) is 0 Å². The molecule has 0 atom stereocenters. The third-order valence-electron chi connectivity index (χ3n) is 9.05. The summed E-state index contributed by atoms with van der Waals surface area (Å²) in [5, 5.41) is 7.46. The summed E-state index contributed by atoms with van der Waals surface area (Å²) in [5.74, 6) is -2.70. The predicted octanol–water partition coefficient (Wildman–Crippen LogP) is 5.05. The van der Waals surface area contributed by atoms with Crippen LogP contribution in [0.4, 0.5) is 19.3 Å². The van der Waals surface area contributed by atoms with Gasteiger partial charge in [-0.15, -0.1) is 5.10 Å². The van der Waals surface area contributed by atoms with E-state index >= 15 is 0 Å². The van der Waals surface area contributed by atoms with E-state index in [1.54, 1.807) is 9.47 Å². The van der Waals surface area contributed by atoms with E-state index in [0.717, 1.165) is 31.0 Å². The van der Waals surface area contributed by atoms with Crippen LogP contribution in [0.25, 0.3) is 11.4 Å². The molecule has 11 nitrogen and oxygen atoms in total. The van der Waals surface area contributed by atoms with Crippen LogP contribution in [0.5, 0.6) is 0 Å². The predicted molar refractivity (Wildman–Crippen MR) is 167 cm³/mol. The quantitative estimate of drug-likeness (QED) is 0.415. The molecule has 246 valence electrons. The summed E-state index contributed by atoms with van der Waals surface area (Å²) in [5.41, 5.74) is 1.09. The normalized spacial score (nSPS) is 18.3. The van der Waals surface area contributed by atoms with Gasteiger partial charge in [-0.2, -0.15) is 9.50 Å². The van der Waals surface area contributed by atoms with Gasteiger partial charge in [0.25, 0.3) is 11.5 Å². The number of hydrogen-bond donors (Lipinski definition) is 1. The molecule has 46 heavy (non-hydrogen) atoms. The monoisotopic (exact) mass is 638 g/mol. The van der Waals surface area contributed by atoms with Gasteiger partial charge in [-0.05, 0) is 77.0 Å². The van der Waals surface area contributed by atoms with Gasteiger partial charge < -0.3 is 24.3 Å². The number of piperidine rings is 1. The van der Waals surface area contributed by atoms with E-state index in [9.17, 15) is 23.2 Å². The van der Waals surface area contributed by atoms with Crippen LogP contribution >= 0.6 is 0 Å². The highest BCUT2D eigenvalue weighted by Gasteiger charge is 2.45. The molecule has 1 fully saturated rings. The van der Waals surface area contributed by atoms with E-state index in [-0.39, 0.29) is 29.5 Å². The summed E-state index contributed by atoms with van der Waals surface area (Å²) in [6, 6.07) is 5.46. The Balaban J connectivity index is 1.37. The van der Waals surface area contributed by atoms with E-state index in [0.29, 0.717) is 69.1 Å². The van der Waals surface area contributed by atoms with Crippen LogP contribution in [0, 0.1) is 0 Å². The second-order valence-electron chi connectivity index (χ2n) is 13.5. The van der Waals surface area contributed by atoms with Crippen LogP contribution in [-0.4, -0.2) is 68.0 Å². The average Bonchev–Trinajstić information content (AvgIpc) is 3.45. The third-order valence-corrected chi connectivity index (χ3v) is 9.05. The summed E-state index contributed by atoms with van der Waals surface area (Å²) in [6.07, 6.45) is 5.42. The Morgan fingerprint density at radius 2 is 1.78 bits per heavy atom. The number of likely N-dealkylation sites (tertiary alicyclic amines) is 1. The summed E-state index contributed by atoms with van der Waals surface area (Å²) in [6.45, 7) is 7.99. The zero-order valence-corrected chi connectivity index (χ0v) is 26.7. The number of ether oxygens (including phenoxy) is 2. The molecule has 4 heterocycles. The molecule has 13 heteroatoms. The molecule has 0 unspecified atom stereocenters. The van der Waals surface area contributed by atoms with Gasteiger partial charge in [0.05, 0.1) is 13.2 Å². The number of halogens is 2. The van der Waals surface area contributed by atoms with E-state index in [1.165, 1.54) is 28.8 Å². The molecule has 0 saturated carbocycles. The van der Waals surface area contributed by atoms with Crippen LogP contribution in [0.3, 0.4) is 0 Å². The Morgan fingerprint density at radius 1 is 1.07 bits per heavy atom. The molecule has 1 spiro atoms.